The zero-order valence-electron chi connectivity index (χ0n) is 7.87. The molecular formula is C8H14N4S. The molecule has 1 fully saturated rings. The zero-order valence-corrected chi connectivity index (χ0v) is 8.69. The van der Waals surface area contributed by atoms with Gasteiger partial charge in [0.05, 0.1) is 6.04 Å². The van der Waals surface area contributed by atoms with E-state index in [9.17, 15) is 0 Å². The van der Waals surface area contributed by atoms with Crippen LogP contribution in [0, 0.1) is 0 Å². The quantitative estimate of drug-likeness (QED) is 0.762. The van der Waals surface area contributed by atoms with Gasteiger partial charge in [-0.15, -0.1) is 0 Å². The van der Waals surface area contributed by atoms with Crippen molar-refractivity contribution in [1.29, 1.82) is 0 Å². The van der Waals surface area contributed by atoms with Crippen molar-refractivity contribution in [1.82, 2.24) is 14.7 Å². The Morgan fingerprint density at radius 2 is 2.31 bits per heavy atom. The topological polar surface area (TPSA) is 49.8 Å². The van der Waals surface area contributed by atoms with E-state index < -0.39 is 0 Å². The highest BCUT2D eigenvalue weighted by Crippen LogP contribution is 2.18. The number of anilines is 1. The van der Waals surface area contributed by atoms with Crippen molar-refractivity contribution >= 4 is 16.7 Å². The zero-order chi connectivity index (χ0) is 9.26. The second-order valence-electron chi connectivity index (χ2n) is 3.61. The normalized spacial score (nSPS) is 17.5. The largest absolute Gasteiger partial charge is 0.355 e. The summed E-state index contributed by atoms with van der Waals surface area (Å²) in [7, 11) is 0. The number of nitrogens with one attached hydrogen (secondary N) is 2. The lowest BCUT2D eigenvalue weighted by Gasteiger charge is -2.27. The minimum atomic E-state index is 0.423. The number of aromatic nitrogens is 2. The van der Waals surface area contributed by atoms with Crippen molar-refractivity contribution in [2.45, 2.75) is 25.8 Å². The average Bonchev–Trinajstić information content (AvgIpc) is 2.44. The molecule has 1 aliphatic heterocycles. The Bertz CT molecular complexity index is 279. The van der Waals surface area contributed by atoms with E-state index in [0.717, 1.165) is 24.0 Å². The molecule has 5 heteroatoms. The highest BCUT2D eigenvalue weighted by atomic mass is 32.1. The van der Waals surface area contributed by atoms with Crippen LogP contribution in [0.5, 0.6) is 0 Å². The van der Waals surface area contributed by atoms with Crippen LogP contribution in [0.2, 0.25) is 0 Å². The molecule has 2 N–H and O–H groups in total. The summed E-state index contributed by atoms with van der Waals surface area (Å²) in [6.45, 7) is 6.29. The van der Waals surface area contributed by atoms with Gasteiger partial charge in [0.15, 0.2) is 0 Å². The second-order valence-corrected chi connectivity index (χ2v) is 4.36. The molecule has 0 aromatic carbocycles. The van der Waals surface area contributed by atoms with Crippen molar-refractivity contribution in [3.63, 3.8) is 0 Å². The number of hydrogen-bond donors (Lipinski definition) is 2. The molecule has 2 rings (SSSR count). The van der Waals surface area contributed by atoms with Gasteiger partial charge in [0.2, 0.25) is 5.13 Å². The lowest BCUT2D eigenvalue weighted by atomic mass is 10.2. The van der Waals surface area contributed by atoms with E-state index >= 15 is 0 Å². The maximum absolute atomic E-state index is 4.40. The molecule has 0 spiro atoms. The Kier molecular flexibility index (Phi) is 2.46. The van der Waals surface area contributed by atoms with E-state index in [1.54, 1.807) is 0 Å². The van der Waals surface area contributed by atoms with Crippen LogP contribution in [0.3, 0.4) is 0 Å². The third-order valence-electron chi connectivity index (χ3n) is 2.07. The van der Waals surface area contributed by atoms with E-state index in [1.807, 2.05) is 0 Å². The van der Waals surface area contributed by atoms with Gasteiger partial charge < -0.3 is 10.6 Å². The Morgan fingerprint density at radius 3 is 2.77 bits per heavy atom. The van der Waals surface area contributed by atoms with Gasteiger partial charge in [-0.25, -0.2) is 4.98 Å². The Hall–Kier alpha value is -0.680. The molecule has 1 aromatic heterocycles. The molecular weight excluding hydrogens is 184 g/mol. The Balaban J connectivity index is 1.96. The van der Waals surface area contributed by atoms with Crippen LogP contribution in [0.4, 0.5) is 5.13 Å². The molecule has 2 heterocycles. The van der Waals surface area contributed by atoms with Gasteiger partial charge in [0.25, 0.3) is 0 Å². The van der Waals surface area contributed by atoms with Crippen molar-refractivity contribution < 1.29 is 0 Å². The van der Waals surface area contributed by atoms with Crippen molar-refractivity contribution in [3.8, 4) is 0 Å². The standard InChI is InChI=1S/C8H14N4S/c1-5(2)7-11-8(13-12-7)10-6-3-9-4-6/h5-6,9H,3-4H2,1-2H3,(H,10,11,12). The van der Waals surface area contributed by atoms with E-state index in [1.165, 1.54) is 11.5 Å². The van der Waals surface area contributed by atoms with Gasteiger partial charge in [0.1, 0.15) is 5.82 Å². The minimum Gasteiger partial charge on any atom is -0.355 e. The molecule has 0 unspecified atom stereocenters. The fraction of sp³-hybridized carbons (Fsp3) is 0.750. The lowest BCUT2D eigenvalue weighted by molar-refractivity contribution is 0.472. The second kappa shape index (κ2) is 3.59. The minimum absolute atomic E-state index is 0.423. The molecule has 0 atom stereocenters. The van der Waals surface area contributed by atoms with Crippen LogP contribution in [0.15, 0.2) is 0 Å². The summed E-state index contributed by atoms with van der Waals surface area (Å²) in [5, 5.41) is 7.49. The molecule has 0 aliphatic carbocycles. The molecule has 13 heavy (non-hydrogen) atoms. The summed E-state index contributed by atoms with van der Waals surface area (Å²) in [5.74, 6) is 1.37. The summed E-state index contributed by atoms with van der Waals surface area (Å²) in [5.41, 5.74) is 0. The molecule has 0 amide bonds. The highest BCUT2D eigenvalue weighted by Gasteiger charge is 2.18. The number of nitrogens with zero attached hydrogens (tertiary/aromatic N) is 2. The smallest absolute Gasteiger partial charge is 0.202 e. The van der Waals surface area contributed by atoms with Crippen LogP contribution in [-0.2, 0) is 0 Å². The van der Waals surface area contributed by atoms with Crippen LogP contribution >= 0.6 is 11.5 Å². The van der Waals surface area contributed by atoms with E-state index in [0.29, 0.717) is 12.0 Å². The fourth-order valence-corrected chi connectivity index (χ4v) is 1.88. The summed E-state index contributed by atoms with van der Waals surface area (Å²) >= 11 is 1.46. The number of hydrogen-bond acceptors (Lipinski definition) is 5. The molecule has 72 valence electrons. The summed E-state index contributed by atoms with van der Waals surface area (Å²) < 4.78 is 4.27. The maximum Gasteiger partial charge on any atom is 0.202 e. The molecule has 1 saturated heterocycles. The van der Waals surface area contributed by atoms with Crippen LogP contribution < -0.4 is 10.6 Å². The van der Waals surface area contributed by atoms with Gasteiger partial charge in [-0.1, -0.05) is 13.8 Å². The van der Waals surface area contributed by atoms with Crippen LogP contribution in [0.25, 0.3) is 0 Å². The third-order valence-corrected chi connectivity index (χ3v) is 2.73. The van der Waals surface area contributed by atoms with Gasteiger partial charge in [-0.05, 0) is 0 Å². The first kappa shape index (κ1) is 8.90. The van der Waals surface area contributed by atoms with E-state index in [-0.39, 0.29) is 0 Å². The Morgan fingerprint density at radius 1 is 1.54 bits per heavy atom. The van der Waals surface area contributed by atoms with Crippen molar-refractivity contribution in [3.05, 3.63) is 5.82 Å². The van der Waals surface area contributed by atoms with E-state index in [2.05, 4.69) is 33.8 Å². The molecule has 1 aromatic rings. The SMILES string of the molecule is CC(C)c1nsc(NC2CNC2)n1. The Labute approximate surface area is 81.9 Å². The van der Waals surface area contributed by atoms with Crippen LogP contribution in [-0.4, -0.2) is 28.5 Å². The summed E-state index contributed by atoms with van der Waals surface area (Å²) in [6, 6.07) is 0.549. The van der Waals surface area contributed by atoms with Gasteiger partial charge in [-0.3, -0.25) is 0 Å². The predicted molar refractivity (Wildman–Crippen MR) is 54.3 cm³/mol. The van der Waals surface area contributed by atoms with Crippen molar-refractivity contribution in [2.24, 2.45) is 0 Å². The van der Waals surface area contributed by atoms with Gasteiger partial charge in [0, 0.05) is 30.5 Å². The van der Waals surface area contributed by atoms with Gasteiger partial charge in [-0.2, -0.15) is 4.37 Å². The molecule has 0 bridgehead atoms. The first-order chi connectivity index (χ1) is 6.25. The monoisotopic (exact) mass is 198 g/mol. The molecule has 0 radical (unpaired) electrons. The van der Waals surface area contributed by atoms with Crippen LogP contribution in [0.1, 0.15) is 25.6 Å². The lowest BCUT2D eigenvalue weighted by Crippen LogP contribution is -2.51. The highest BCUT2D eigenvalue weighted by molar-refractivity contribution is 7.09. The van der Waals surface area contributed by atoms with Crippen molar-refractivity contribution in [2.75, 3.05) is 18.4 Å². The predicted octanol–water partition coefficient (Wildman–Crippen LogP) is 1.05. The maximum atomic E-state index is 4.40. The third kappa shape index (κ3) is 1.97. The van der Waals surface area contributed by atoms with E-state index in [4.69, 9.17) is 0 Å². The first-order valence-corrected chi connectivity index (χ1v) is 5.34. The number of rotatable bonds is 3. The summed E-state index contributed by atoms with van der Waals surface area (Å²) in [6.07, 6.45) is 0. The van der Waals surface area contributed by atoms with Gasteiger partial charge >= 0.3 is 0 Å². The molecule has 1 aliphatic rings. The summed E-state index contributed by atoms with van der Waals surface area (Å²) in [4.78, 5) is 4.40. The first-order valence-electron chi connectivity index (χ1n) is 4.56. The molecule has 4 nitrogen and oxygen atoms in total. The fourth-order valence-electron chi connectivity index (χ4n) is 1.09. The average molecular weight is 198 g/mol. The molecule has 0 saturated carbocycles.